The van der Waals surface area contributed by atoms with E-state index in [2.05, 4.69) is 4.90 Å². The van der Waals surface area contributed by atoms with E-state index in [1.807, 2.05) is 18.2 Å². The quantitative estimate of drug-likeness (QED) is 0.926. The van der Waals surface area contributed by atoms with Crippen LogP contribution in [0, 0.1) is 5.92 Å². The molecule has 1 heterocycles. The molecule has 1 aliphatic rings. The average Bonchev–Trinajstić information content (AvgIpc) is 2.79. The van der Waals surface area contributed by atoms with E-state index in [0.717, 1.165) is 42.5 Å². The smallest absolute Gasteiger partial charge is 0.124 e. The van der Waals surface area contributed by atoms with Gasteiger partial charge < -0.3 is 10.5 Å². The minimum Gasteiger partial charge on any atom is -0.496 e. The minimum absolute atomic E-state index is 0. The molecule has 0 spiro atoms. The molecule has 1 unspecified atom stereocenters. The van der Waals surface area contributed by atoms with Crippen molar-refractivity contribution in [2.45, 2.75) is 13.0 Å². The number of rotatable bonds is 4. The highest BCUT2D eigenvalue weighted by Gasteiger charge is 2.22. The molecule has 3 nitrogen and oxygen atoms in total. The van der Waals surface area contributed by atoms with Gasteiger partial charge in [-0.3, -0.25) is 4.90 Å². The summed E-state index contributed by atoms with van der Waals surface area (Å²) in [6, 6.07) is 5.78. The Morgan fingerprint density at radius 3 is 2.89 bits per heavy atom. The van der Waals surface area contributed by atoms with E-state index >= 15 is 0 Å². The molecule has 1 aliphatic heterocycles. The lowest BCUT2D eigenvalue weighted by atomic mass is 10.1. The fraction of sp³-hybridized carbons (Fsp3) is 0.538. The first-order valence-electron chi connectivity index (χ1n) is 5.98. The van der Waals surface area contributed by atoms with Crippen molar-refractivity contribution in [3.8, 4) is 5.75 Å². The van der Waals surface area contributed by atoms with E-state index in [1.165, 1.54) is 6.42 Å². The zero-order chi connectivity index (χ0) is 12.3. The van der Waals surface area contributed by atoms with Crippen molar-refractivity contribution in [2.24, 2.45) is 11.7 Å². The topological polar surface area (TPSA) is 38.5 Å². The van der Waals surface area contributed by atoms with Gasteiger partial charge in [0.2, 0.25) is 0 Å². The number of hydrogen-bond acceptors (Lipinski definition) is 3. The molecule has 0 amide bonds. The molecular weight excluding hydrogens is 271 g/mol. The zero-order valence-electron chi connectivity index (χ0n) is 10.6. The van der Waals surface area contributed by atoms with E-state index in [0.29, 0.717) is 5.92 Å². The van der Waals surface area contributed by atoms with Gasteiger partial charge in [0.15, 0.2) is 0 Å². The van der Waals surface area contributed by atoms with Crippen molar-refractivity contribution in [3.05, 3.63) is 28.8 Å². The largest absolute Gasteiger partial charge is 0.496 e. The van der Waals surface area contributed by atoms with E-state index < -0.39 is 0 Å². The van der Waals surface area contributed by atoms with Crippen molar-refractivity contribution in [1.29, 1.82) is 0 Å². The Balaban J connectivity index is 0.00000162. The summed E-state index contributed by atoms with van der Waals surface area (Å²) in [5, 5.41) is 0.778. The fourth-order valence-electron chi connectivity index (χ4n) is 2.36. The van der Waals surface area contributed by atoms with E-state index in [1.54, 1.807) is 7.11 Å². The maximum Gasteiger partial charge on any atom is 0.124 e. The predicted octanol–water partition coefficient (Wildman–Crippen LogP) is 2.55. The second-order valence-electron chi connectivity index (χ2n) is 4.55. The lowest BCUT2D eigenvalue weighted by molar-refractivity contribution is 0.309. The van der Waals surface area contributed by atoms with Gasteiger partial charge in [0, 0.05) is 23.7 Å². The standard InChI is InChI=1S/C13H19ClN2O.ClH/c1-17-13-4-2-3-12(14)11(13)9-16-6-5-10(7-15)8-16;/h2-4,10H,5-9,15H2,1H3;1H. The van der Waals surface area contributed by atoms with Gasteiger partial charge in [-0.15, -0.1) is 12.4 Å². The van der Waals surface area contributed by atoms with Crippen LogP contribution in [0.4, 0.5) is 0 Å². The summed E-state index contributed by atoms with van der Waals surface area (Å²) in [5.41, 5.74) is 6.78. The van der Waals surface area contributed by atoms with Gasteiger partial charge in [0.05, 0.1) is 7.11 Å². The third-order valence-corrected chi connectivity index (χ3v) is 3.73. The van der Waals surface area contributed by atoms with Crippen LogP contribution in [0.1, 0.15) is 12.0 Å². The normalized spacial score (nSPS) is 19.6. The highest BCUT2D eigenvalue weighted by molar-refractivity contribution is 6.31. The van der Waals surface area contributed by atoms with E-state index in [4.69, 9.17) is 22.1 Å². The van der Waals surface area contributed by atoms with Crippen LogP contribution < -0.4 is 10.5 Å². The van der Waals surface area contributed by atoms with Gasteiger partial charge in [-0.1, -0.05) is 17.7 Å². The van der Waals surface area contributed by atoms with Crippen molar-refractivity contribution in [1.82, 2.24) is 4.90 Å². The Bertz CT molecular complexity index is 387. The summed E-state index contributed by atoms with van der Waals surface area (Å²) in [6.07, 6.45) is 1.18. The number of methoxy groups -OCH3 is 1. The molecule has 0 aliphatic carbocycles. The lowest BCUT2D eigenvalue weighted by Gasteiger charge is -2.18. The Labute approximate surface area is 120 Å². The molecule has 0 saturated carbocycles. The molecule has 1 aromatic carbocycles. The number of hydrogen-bond donors (Lipinski definition) is 1. The molecule has 1 atom stereocenters. The van der Waals surface area contributed by atoms with Gasteiger partial charge in [-0.2, -0.15) is 0 Å². The van der Waals surface area contributed by atoms with E-state index in [-0.39, 0.29) is 12.4 Å². The summed E-state index contributed by atoms with van der Waals surface area (Å²) in [6.45, 7) is 3.77. The number of nitrogens with two attached hydrogens (primary N) is 1. The number of likely N-dealkylation sites (tertiary alicyclic amines) is 1. The Morgan fingerprint density at radius 2 is 2.28 bits per heavy atom. The summed E-state index contributed by atoms with van der Waals surface area (Å²) >= 11 is 6.23. The zero-order valence-corrected chi connectivity index (χ0v) is 12.1. The van der Waals surface area contributed by atoms with Crippen LogP contribution >= 0.6 is 24.0 Å². The van der Waals surface area contributed by atoms with Crippen LogP contribution in [-0.2, 0) is 6.54 Å². The third-order valence-electron chi connectivity index (χ3n) is 3.38. The first-order valence-corrected chi connectivity index (χ1v) is 6.36. The van der Waals surface area contributed by atoms with Crippen LogP contribution in [-0.4, -0.2) is 31.6 Å². The predicted molar refractivity (Wildman–Crippen MR) is 77.7 cm³/mol. The highest BCUT2D eigenvalue weighted by atomic mass is 35.5. The number of nitrogens with zero attached hydrogens (tertiary/aromatic N) is 1. The van der Waals surface area contributed by atoms with Crippen LogP contribution in [0.5, 0.6) is 5.75 Å². The monoisotopic (exact) mass is 290 g/mol. The van der Waals surface area contributed by atoms with Gasteiger partial charge in [-0.05, 0) is 37.6 Å². The van der Waals surface area contributed by atoms with Gasteiger partial charge >= 0.3 is 0 Å². The van der Waals surface area contributed by atoms with E-state index in [9.17, 15) is 0 Å². The maximum absolute atomic E-state index is 6.23. The summed E-state index contributed by atoms with van der Waals surface area (Å²) in [5.74, 6) is 1.50. The second-order valence-corrected chi connectivity index (χ2v) is 4.95. The third kappa shape index (κ3) is 3.51. The molecule has 0 radical (unpaired) electrons. The van der Waals surface area contributed by atoms with Crippen LogP contribution in [0.2, 0.25) is 5.02 Å². The van der Waals surface area contributed by atoms with Crippen LogP contribution in [0.15, 0.2) is 18.2 Å². The number of benzene rings is 1. The molecule has 2 N–H and O–H groups in total. The summed E-state index contributed by atoms with van der Waals surface area (Å²) in [7, 11) is 1.68. The van der Waals surface area contributed by atoms with Crippen molar-refractivity contribution >= 4 is 24.0 Å². The first-order chi connectivity index (χ1) is 8.24. The van der Waals surface area contributed by atoms with Crippen LogP contribution in [0.3, 0.4) is 0 Å². The Hall–Kier alpha value is -0.480. The van der Waals surface area contributed by atoms with Gasteiger partial charge in [0.25, 0.3) is 0 Å². The Morgan fingerprint density at radius 1 is 1.50 bits per heavy atom. The van der Waals surface area contributed by atoms with Gasteiger partial charge in [-0.25, -0.2) is 0 Å². The molecule has 1 aromatic rings. The minimum atomic E-state index is 0. The maximum atomic E-state index is 6.23. The molecular formula is C13H20Cl2N2O. The average molecular weight is 291 g/mol. The number of ether oxygens (including phenoxy) is 1. The second kappa shape index (κ2) is 7.19. The highest BCUT2D eigenvalue weighted by Crippen LogP contribution is 2.29. The summed E-state index contributed by atoms with van der Waals surface area (Å²) < 4.78 is 5.35. The SMILES string of the molecule is COc1cccc(Cl)c1CN1CCC(CN)C1.Cl. The molecule has 1 saturated heterocycles. The van der Waals surface area contributed by atoms with Crippen LogP contribution in [0.25, 0.3) is 0 Å². The number of halogens is 2. The molecule has 102 valence electrons. The van der Waals surface area contributed by atoms with Crippen molar-refractivity contribution < 1.29 is 4.74 Å². The molecule has 2 rings (SSSR count). The van der Waals surface area contributed by atoms with Crippen molar-refractivity contribution in [3.63, 3.8) is 0 Å². The fourth-order valence-corrected chi connectivity index (χ4v) is 2.58. The molecule has 18 heavy (non-hydrogen) atoms. The molecule has 1 fully saturated rings. The molecule has 5 heteroatoms. The first kappa shape index (κ1) is 15.6. The molecule has 0 bridgehead atoms. The summed E-state index contributed by atoms with van der Waals surface area (Å²) in [4.78, 5) is 2.39. The molecule has 0 aromatic heterocycles. The van der Waals surface area contributed by atoms with Gasteiger partial charge in [0.1, 0.15) is 5.75 Å². The Kier molecular flexibility index (Phi) is 6.22. The van der Waals surface area contributed by atoms with Crippen molar-refractivity contribution in [2.75, 3.05) is 26.7 Å². The lowest BCUT2D eigenvalue weighted by Crippen LogP contribution is -2.23.